The molecule has 0 fully saturated rings. The van der Waals surface area contributed by atoms with Crippen LogP contribution in [0.1, 0.15) is 28.3 Å². The summed E-state index contributed by atoms with van der Waals surface area (Å²) in [7, 11) is 0. The Labute approximate surface area is 143 Å². The molecule has 0 amide bonds. The van der Waals surface area contributed by atoms with Crippen LogP contribution in [-0.4, -0.2) is 25.0 Å². The van der Waals surface area contributed by atoms with Gasteiger partial charge in [0.1, 0.15) is 0 Å². The summed E-state index contributed by atoms with van der Waals surface area (Å²) in [4.78, 5) is 2.41. The molecule has 4 aliphatic rings. The minimum Gasteiger partial charge on any atom is -0.454 e. The fraction of sp³-hybridized carbons (Fsp3) is 0.368. The Balaban J connectivity index is 1.46. The Hall–Kier alpha value is -2.47. The van der Waals surface area contributed by atoms with E-state index in [2.05, 4.69) is 17.0 Å². The lowest BCUT2D eigenvalue weighted by molar-refractivity contribution is 0.158. The molecule has 1 unspecified atom stereocenters. The zero-order chi connectivity index (χ0) is 16.5. The van der Waals surface area contributed by atoms with Gasteiger partial charge in [0.25, 0.3) is 0 Å². The van der Waals surface area contributed by atoms with Crippen LogP contribution in [0, 0.1) is 5.82 Å². The monoisotopic (exact) mass is 341 g/mol. The highest BCUT2D eigenvalue weighted by atomic mass is 19.1. The van der Waals surface area contributed by atoms with Crippen molar-refractivity contribution in [3.05, 3.63) is 46.3 Å². The van der Waals surface area contributed by atoms with Crippen molar-refractivity contribution in [2.75, 3.05) is 20.1 Å². The maximum Gasteiger partial charge on any atom is 0.231 e. The van der Waals surface area contributed by atoms with Gasteiger partial charge in [0.05, 0.1) is 0 Å². The molecule has 0 bridgehead atoms. The smallest absolute Gasteiger partial charge is 0.231 e. The highest BCUT2D eigenvalue weighted by molar-refractivity contribution is 5.54. The van der Waals surface area contributed by atoms with E-state index in [0.717, 1.165) is 42.1 Å². The standard InChI is InChI=1S/C19H16FNO4/c20-18-13-5-14-12-6-16-15(22-8-23-16)3-10(12)1-2-21(14)7-11(13)4-17-19(18)25-9-24-17/h3-4,6,14H,1-2,5,7-9H2. The first-order valence-corrected chi connectivity index (χ1v) is 8.54. The van der Waals surface area contributed by atoms with Crippen molar-refractivity contribution in [3.8, 4) is 23.0 Å². The van der Waals surface area contributed by atoms with Crippen LogP contribution in [0.5, 0.6) is 23.0 Å². The van der Waals surface area contributed by atoms with Crippen molar-refractivity contribution >= 4 is 0 Å². The van der Waals surface area contributed by atoms with Crippen LogP contribution in [0.4, 0.5) is 4.39 Å². The van der Waals surface area contributed by atoms with Crippen molar-refractivity contribution in [2.45, 2.75) is 25.4 Å². The van der Waals surface area contributed by atoms with Crippen LogP contribution < -0.4 is 18.9 Å². The molecule has 1 atom stereocenters. The van der Waals surface area contributed by atoms with Crippen molar-refractivity contribution in [3.63, 3.8) is 0 Å². The first kappa shape index (κ1) is 13.8. The number of hydrogen-bond acceptors (Lipinski definition) is 5. The number of ether oxygens (including phenoxy) is 4. The Morgan fingerprint density at radius 3 is 2.60 bits per heavy atom. The molecule has 6 rings (SSSR count). The summed E-state index contributed by atoms with van der Waals surface area (Å²) in [5, 5.41) is 0. The second-order valence-corrected chi connectivity index (χ2v) is 6.91. The maximum absolute atomic E-state index is 14.9. The van der Waals surface area contributed by atoms with Gasteiger partial charge in [-0.05, 0) is 53.3 Å². The van der Waals surface area contributed by atoms with Crippen LogP contribution in [0.25, 0.3) is 0 Å². The molecule has 0 N–H and O–H groups in total. The van der Waals surface area contributed by atoms with Crippen molar-refractivity contribution in [2.24, 2.45) is 0 Å². The first-order valence-electron chi connectivity index (χ1n) is 8.54. The largest absolute Gasteiger partial charge is 0.454 e. The van der Waals surface area contributed by atoms with E-state index in [-0.39, 0.29) is 31.2 Å². The highest BCUT2D eigenvalue weighted by Gasteiger charge is 2.37. The molecule has 2 aromatic carbocycles. The molecule has 5 nitrogen and oxygen atoms in total. The zero-order valence-electron chi connectivity index (χ0n) is 13.5. The van der Waals surface area contributed by atoms with Gasteiger partial charge in [-0.25, -0.2) is 4.39 Å². The van der Waals surface area contributed by atoms with E-state index in [0.29, 0.717) is 12.2 Å². The molecule has 25 heavy (non-hydrogen) atoms. The molecule has 0 aromatic heterocycles. The van der Waals surface area contributed by atoms with E-state index in [9.17, 15) is 4.39 Å². The summed E-state index contributed by atoms with van der Waals surface area (Å²) in [6, 6.07) is 6.25. The van der Waals surface area contributed by atoms with E-state index >= 15 is 0 Å². The van der Waals surface area contributed by atoms with Gasteiger partial charge in [0, 0.05) is 19.1 Å². The van der Waals surface area contributed by atoms with Crippen LogP contribution in [0.15, 0.2) is 18.2 Å². The van der Waals surface area contributed by atoms with Gasteiger partial charge in [-0.3, -0.25) is 4.90 Å². The fourth-order valence-electron chi connectivity index (χ4n) is 4.44. The quantitative estimate of drug-likeness (QED) is 0.737. The maximum atomic E-state index is 14.9. The SMILES string of the molecule is Fc1c2c(cc3c1OCO3)CN1CCc3cc4c(cc3C1C2)OCO4. The molecule has 0 aliphatic carbocycles. The van der Waals surface area contributed by atoms with Gasteiger partial charge in [-0.15, -0.1) is 0 Å². The molecule has 2 aromatic rings. The zero-order valence-corrected chi connectivity index (χ0v) is 13.5. The Morgan fingerprint density at radius 1 is 0.920 bits per heavy atom. The molecule has 0 saturated carbocycles. The number of benzene rings is 2. The van der Waals surface area contributed by atoms with Crippen LogP contribution in [-0.2, 0) is 19.4 Å². The number of halogens is 1. The van der Waals surface area contributed by atoms with E-state index in [4.69, 9.17) is 18.9 Å². The minimum atomic E-state index is -0.266. The number of fused-ring (bicyclic) bond motifs is 6. The van der Waals surface area contributed by atoms with Crippen molar-refractivity contribution in [1.82, 2.24) is 4.90 Å². The van der Waals surface area contributed by atoms with Crippen LogP contribution in [0.3, 0.4) is 0 Å². The minimum absolute atomic E-state index is 0.0919. The molecule has 0 radical (unpaired) electrons. The molecule has 4 aliphatic heterocycles. The third kappa shape index (κ3) is 1.86. The molecule has 128 valence electrons. The summed E-state index contributed by atoms with van der Waals surface area (Å²) in [5.41, 5.74) is 4.24. The van der Waals surface area contributed by atoms with E-state index in [1.54, 1.807) is 0 Å². The third-order valence-corrected chi connectivity index (χ3v) is 5.67. The summed E-state index contributed by atoms with van der Waals surface area (Å²) in [6.45, 7) is 2.04. The van der Waals surface area contributed by atoms with Crippen molar-refractivity contribution in [1.29, 1.82) is 0 Å². The average molecular weight is 341 g/mol. The topological polar surface area (TPSA) is 40.2 Å². The molecule has 0 saturated heterocycles. The summed E-state index contributed by atoms with van der Waals surface area (Å²) >= 11 is 0. The Morgan fingerprint density at radius 2 is 1.68 bits per heavy atom. The first-order chi connectivity index (χ1) is 12.3. The van der Waals surface area contributed by atoms with Crippen LogP contribution >= 0.6 is 0 Å². The average Bonchev–Trinajstić information content (AvgIpc) is 3.27. The third-order valence-electron chi connectivity index (χ3n) is 5.67. The number of rotatable bonds is 0. The van der Waals surface area contributed by atoms with Crippen LogP contribution in [0.2, 0.25) is 0 Å². The Kier molecular flexibility index (Phi) is 2.64. The normalized spacial score (nSPS) is 22.4. The van der Waals surface area contributed by atoms with E-state index in [1.165, 1.54) is 11.1 Å². The molecular formula is C19H16FNO4. The predicted octanol–water partition coefficient (Wildman–Crippen LogP) is 2.94. The fourth-order valence-corrected chi connectivity index (χ4v) is 4.44. The lowest BCUT2D eigenvalue weighted by atomic mass is 9.83. The van der Waals surface area contributed by atoms with Gasteiger partial charge in [0.15, 0.2) is 23.1 Å². The van der Waals surface area contributed by atoms with Gasteiger partial charge >= 0.3 is 0 Å². The second kappa shape index (κ2) is 4.79. The summed E-state index contributed by atoms with van der Waals surface area (Å²) in [5.74, 6) is 2.12. The lowest BCUT2D eigenvalue weighted by Gasteiger charge is -2.41. The molecule has 6 heteroatoms. The van der Waals surface area contributed by atoms with Gasteiger partial charge in [0.2, 0.25) is 19.3 Å². The highest BCUT2D eigenvalue weighted by Crippen LogP contribution is 2.47. The summed E-state index contributed by atoms with van der Waals surface area (Å²) < 4.78 is 36.7. The van der Waals surface area contributed by atoms with Gasteiger partial charge in [-0.2, -0.15) is 0 Å². The Bertz CT molecular complexity index is 913. The molecule has 0 spiro atoms. The lowest BCUT2D eigenvalue weighted by Crippen LogP contribution is -2.39. The van der Waals surface area contributed by atoms with Gasteiger partial charge in [-0.1, -0.05) is 0 Å². The number of hydrogen-bond donors (Lipinski definition) is 0. The summed E-state index contributed by atoms with van der Waals surface area (Å²) in [6.07, 6.45) is 1.59. The number of nitrogens with zero attached hydrogens (tertiary/aromatic N) is 1. The van der Waals surface area contributed by atoms with E-state index < -0.39 is 0 Å². The van der Waals surface area contributed by atoms with Gasteiger partial charge < -0.3 is 18.9 Å². The predicted molar refractivity (Wildman–Crippen MR) is 85.6 cm³/mol. The van der Waals surface area contributed by atoms with Crippen molar-refractivity contribution < 1.29 is 23.3 Å². The van der Waals surface area contributed by atoms with E-state index in [1.807, 2.05) is 6.07 Å². The molecule has 4 heterocycles. The second-order valence-electron chi connectivity index (χ2n) is 6.91. The molecular weight excluding hydrogens is 325 g/mol.